The summed E-state index contributed by atoms with van der Waals surface area (Å²) in [5.74, 6) is 0.455. The van der Waals surface area contributed by atoms with Crippen LogP contribution in [0.3, 0.4) is 0 Å². The molecule has 106 valence electrons. The average Bonchev–Trinajstić information content (AvgIpc) is 2.65. The van der Waals surface area contributed by atoms with E-state index in [4.69, 9.17) is 5.73 Å². The fourth-order valence-corrected chi connectivity index (χ4v) is 2.73. The first-order valence-electron chi connectivity index (χ1n) is 6.89. The maximum atomic E-state index is 11.4. The van der Waals surface area contributed by atoms with Crippen LogP contribution in [0.2, 0.25) is 0 Å². The summed E-state index contributed by atoms with van der Waals surface area (Å²) >= 11 is 0. The second-order valence-corrected chi connectivity index (χ2v) is 5.26. The summed E-state index contributed by atoms with van der Waals surface area (Å²) in [5.41, 5.74) is 11.7. The number of nitrogens with two attached hydrogens (primary N) is 1. The highest BCUT2D eigenvalue weighted by atomic mass is 16.1. The Balaban J connectivity index is 2.70. The van der Waals surface area contributed by atoms with Gasteiger partial charge in [0.25, 0.3) is 0 Å². The zero-order valence-electron chi connectivity index (χ0n) is 12.5. The van der Waals surface area contributed by atoms with Gasteiger partial charge in [-0.25, -0.2) is 4.68 Å². The van der Waals surface area contributed by atoms with E-state index in [1.807, 2.05) is 13.8 Å². The van der Waals surface area contributed by atoms with E-state index in [0.29, 0.717) is 17.1 Å². The highest BCUT2D eigenvalue weighted by Crippen LogP contribution is 2.32. The average molecular weight is 271 g/mol. The van der Waals surface area contributed by atoms with E-state index >= 15 is 0 Å². The molecule has 2 N–H and O–H groups in total. The van der Waals surface area contributed by atoms with E-state index in [-0.39, 0.29) is 0 Å². The van der Waals surface area contributed by atoms with Gasteiger partial charge in [0, 0.05) is 12.1 Å². The molecule has 0 aliphatic heterocycles. The topological polar surface area (TPSA) is 60.9 Å². The maximum Gasteiger partial charge on any atom is 0.156 e. The molecular weight excluding hydrogens is 250 g/mol. The van der Waals surface area contributed by atoms with Gasteiger partial charge in [0.1, 0.15) is 11.5 Å². The number of aldehydes is 1. The SMILES string of the molecule is CCCn1nc(-c2c(C)cc(C)cc2C)c(C=O)c1N. The van der Waals surface area contributed by atoms with Gasteiger partial charge in [0.2, 0.25) is 0 Å². The van der Waals surface area contributed by atoms with Crippen LogP contribution in [0.5, 0.6) is 0 Å². The molecule has 0 saturated carbocycles. The third kappa shape index (κ3) is 2.33. The van der Waals surface area contributed by atoms with Crippen LogP contribution in [-0.2, 0) is 6.54 Å². The van der Waals surface area contributed by atoms with Crippen molar-refractivity contribution in [2.45, 2.75) is 40.7 Å². The lowest BCUT2D eigenvalue weighted by Crippen LogP contribution is -2.04. The summed E-state index contributed by atoms with van der Waals surface area (Å²) in [5, 5.41) is 4.55. The van der Waals surface area contributed by atoms with Crippen LogP contribution in [0.25, 0.3) is 11.3 Å². The molecule has 1 aromatic heterocycles. The van der Waals surface area contributed by atoms with E-state index in [9.17, 15) is 4.79 Å². The number of rotatable bonds is 4. The van der Waals surface area contributed by atoms with Crippen molar-refractivity contribution in [3.8, 4) is 11.3 Å². The number of aryl methyl sites for hydroxylation is 4. The van der Waals surface area contributed by atoms with Gasteiger partial charge in [-0.05, 0) is 38.3 Å². The molecule has 0 aliphatic carbocycles. The standard InChI is InChI=1S/C16H21N3O/c1-5-6-19-16(17)13(9-20)15(18-19)14-11(3)7-10(2)8-12(14)4/h7-9H,5-6,17H2,1-4H3. The Morgan fingerprint density at radius 1 is 1.25 bits per heavy atom. The fraction of sp³-hybridized carbons (Fsp3) is 0.375. The molecule has 0 unspecified atom stereocenters. The van der Waals surface area contributed by atoms with Gasteiger partial charge in [0.15, 0.2) is 6.29 Å². The van der Waals surface area contributed by atoms with Crippen molar-refractivity contribution in [1.82, 2.24) is 9.78 Å². The number of aromatic nitrogens is 2. The number of carbonyl (C=O) groups is 1. The van der Waals surface area contributed by atoms with Crippen molar-refractivity contribution in [2.75, 3.05) is 5.73 Å². The predicted molar refractivity (Wildman–Crippen MR) is 82.0 cm³/mol. The minimum atomic E-state index is 0.455. The molecule has 0 saturated heterocycles. The quantitative estimate of drug-likeness (QED) is 0.868. The number of anilines is 1. The second-order valence-electron chi connectivity index (χ2n) is 5.26. The highest BCUT2D eigenvalue weighted by molar-refractivity contribution is 5.92. The largest absolute Gasteiger partial charge is 0.383 e. The zero-order valence-corrected chi connectivity index (χ0v) is 12.5. The van der Waals surface area contributed by atoms with Crippen molar-refractivity contribution >= 4 is 12.1 Å². The van der Waals surface area contributed by atoms with Gasteiger partial charge in [-0.15, -0.1) is 0 Å². The molecule has 20 heavy (non-hydrogen) atoms. The van der Waals surface area contributed by atoms with Crippen molar-refractivity contribution in [3.05, 3.63) is 34.4 Å². The Labute approximate surface area is 119 Å². The Morgan fingerprint density at radius 3 is 2.35 bits per heavy atom. The minimum Gasteiger partial charge on any atom is -0.383 e. The molecule has 0 amide bonds. The van der Waals surface area contributed by atoms with Gasteiger partial charge in [0.05, 0.1) is 5.56 Å². The Kier molecular flexibility index (Phi) is 3.93. The molecule has 0 atom stereocenters. The molecular formula is C16H21N3O. The van der Waals surface area contributed by atoms with Crippen molar-refractivity contribution < 1.29 is 4.79 Å². The molecule has 1 heterocycles. The molecule has 4 heteroatoms. The lowest BCUT2D eigenvalue weighted by atomic mass is 9.95. The Bertz CT molecular complexity index is 633. The van der Waals surface area contributed by atoms with Crippen molar-refractivity contribution in [2.24, 2.45) is 0 Å². The van der Waals surface area contributed by atoms with Crippen LogP contribution in [0.4, 0.5) is 5.82 Å². The van der Waals surface area contributed by atoms with Gasteiger partial charge in [-0.3, -0.25) is 4.79 Å². The predicted octanol–water partition coefficient (Wildman–Crippen LogP) is 3.28. The third-order valence-electron chi connectivity index (χ3n) is 3.50. The fourth-order valence-electron chi connectivity index (χ4n) is 2.73. The van der Waals surface area contributed by atoms with Crippen LogP contribution in [0, 0.1) is 20.8 Å². The number of nitrogens with zero attached hydrogens (tertiary/aromatic N) is 2. The first-order valence-corrected chi connectivity index (χ1v) is 6.89. The number of hydrogen-bond acceptors (Lipinski definition) is 3. The van der Waals surface area contributed by atoms with E-state index in [0.717, 1.165) is 35.9 Å². The van der Waals surface area contributed by atoms with Crippen molar-refractivity contribution in [3.63, 3.8) is 0 Å². The van der Waals surface area contributed by atoms with Gasteiger partial charge >= 0.3 is 0 Å². The molecule has 0 fully saturated rings. The summed E-state index contributed by atoms with van der Waals surface area (Å²) < 4.78 is 1.72. The molecule has 0 radical (unpaired) electrons. The zero-order chi connectivity index (χ0) is 14.9. The van der Waals surface area contributed by atoms with Gasteiger partial charge in [-0.2, -0.15) is 5.10 Å². The van der Waals surface area contributed by atoms with Crippen molar-refractivity contribution in [1.29, 1.82) is 0 Å². The first-order chi connectivity index (χ1) is 9.49. The normalized spacial score (nSPS) is 10.8. The Morgan fingerprint density at radius 2 is 1.85 bits per heavy atom. The summed E-state index contributed by atoms with van der Waals surface area (Å²) in [6.45, 7) is 8.92. The number of hydrogen-bond donors (Lipinski definition) is 1. The summed E-state index contributed by atoms with van der Waals surface area (Å²) in [7, 11) is 0. The van der Waals surface area contributed by atoms with Crippen LogP contribution in [0.15, 0.2) is 12.1 Å². The molecule has 0 bridgehead atoms. The van der Waals surface area contributed by atoms with E-state index in [1.165, 1.54) is 5.56 Å². The van der Waals surface area contributed by atoms with E-state index in [1.54, 1.807) is 4.68 Å². The lowest BCUT2D eigenvalue weighted by molar-refractivity contribution is 0.112. The minimum absolute atomic E-state index is 0.455. The number of nitrogen functional groups attached to an aromatic ring is 1. The number of carbonyl (C=O) groups excluding carboxylic acids is 1. The molecule has 0 spiro atoms. The molecule has 2 rings (SSSR count). The van der Waals surface area contributed by atoms with E-state index < -0.39 is 0 Å². The lowest BCUT2D eigenvalue weighted by Gasteiger charge is -2.09. The summed E-state index contributed by atoms with van der Waals surface area (Å²) in [6.07, 6.45) is 1.73. The molecule has 2 aromatic rings. The van der Waals surface area contributed by atoms with E-state index in [2.05, 4.69) is 31.1 Å². The maximum absolute atomic E-state index is 11.4. The third-order valence-corrected chi connectivity index (χ3v) is 3.50. The van der Waals surface area contributed by atoms with Gasteiger partial charge in [-0.1, -0.05) is 24.6 Å². The Hall–Kier alpha value is -2.10. The number of benzene rings is 1. The molecule has 1 aromatic carbocycles. The van der Waals surface area contributed by atoms with Gasteiger partial charge < -0.3 is 5.73 Å². The van der Waals surface area contributed by atoms with Crippen LogP contribution < -0.4 is 5.73 Å². The van der Waals surface area contributed by atoms with Crippen LogP contribution in [0.1, 0.15) is 40.4 Å². The first kappa shape index (κ1) is 14.3. The highest BCUT2D eigenvalue weighted by Gasteiger charge is 2.19. The molecule has 0 aliphatic rings. The second kappa shape index (κ2) is 5.49. The van der Waals surface area contributed by atoms with Crippen LogP contribution in [-0.4, -0.2) is 16.1 Å². The summed E-state index contributed by atoms with van der Waals surface area (Å²) in [6, 6.07) is 4.21. The smallest absolute Gasteiger partial charge is 0.156 e. The molecule has 4 nitrogen and oxygen atoms in total. The monoisotopic (exact) mass is 271 g/mol. The summed E-state index contributed by atoms with van der Waals surface area (Å²) in [4.78, 5) is 11.4. The van der Waals surface area contributed by atoms with Crippen LogP contribution >= 0.6 is 0 Å².